The molecule has 1 heterocycles. The van der Waals surface area contributed by atoms with Gasteiger partial charge in [0.2, 0.25) is 23.6 Å². The summed E-state index contributed by atoms with van der Waals surface area (Å²) in [5.41, 5.74) is 13.6. The summed E-state index contributed by atoms with van der Waals surface area (Å²) < 4.78 is 0. The molecule has 12 heteroatoms. The first kappa shape index (κ1) is 28.9. The Kier molecular flexibility index (Phi) is 10.2. The van der Waals surface area contributed by atoms with Crippen LogP contribution in [0.2, 0.25) is 0 Å². The second-order valence-electron chi connectivity index (χ2n) is 9.10. The Morgan fingerprint density at radius 2 is 1.56 bits per heavy atom. The van der Waals surface area contributed by atoms with Crippen LogP contribution in [0, 0.1) is 0 Å². The van der Waals surface area contributed by atoms with Gasteiger partial charge in [0.05, 0.1) is 12.6 Å². The average Bonchev–Trinajstić information content (AvgIpc) is 3.32. The summed E-state index contributed by atoms with van der Waals surface area (Å²) in [6.45, 7) is -0.546. The minimum Gasteiger partial charge on any atom is -0.480 e. The molecule has 3 aromatic rings. The first-order valence-corrected chi connectivity index (χ1v) is 12.4. The molecule has 0 radical (unpaired) electrons. The van der Waals surface area contributed by atoms with E-state index in [-0.39, 0.29) is 25.7 Å². The summed E-state index contributed by atoms with van der Waals surface area (Å²) in [4.78, 5) is 63.9. The van der Waals surface area contributed by atoms with E-state index >= 15 is 0 Å². The standard InChI is InChI=1S/C27H32N6O6/c28-19(12-16-6-2-1-3-7-16)25(36)33-22(13-17-14-30-20-9-5-4-8-18(17)20)26(37)31-15-24(35)32-21(27(38)39)10-11-23(29)34/h1-9,14,19,21-22,30H,10-13,15,28H2,(H2,29,34)(H,31,37)(H,32,35)(H,33,36)(H,38,39). The average molecular weight is 537 g/mol. The third kappa shape index (κ3) is 8.68. The lowest BCUT2D eigenvalue weighted by molar-refractivity contribution is -0.142. The lowest BCUT2D eigenvalue weighted by Crippen LogP contribution is -2.54. The second-order valence-corrected chi connectivity index (χ2v) is 9.10. The molecular formula is C27H32N6O6. The van der Waals surface area contributed by atoms with Crippen LogP contribution in [0.3, 0.4) is 0 Å². The maximum Gasteiger partial charge on any atom is 0.326 e. The SMILES string of the molecule is NC(=O)CCC(NC(=O)CNC(=O)C(Cc1c[nH]c2ccccc12)NC(=O)C(N)Cc1ccccc1)C(=O)O. The second kappa shape index (κ2) is 13.7. The quantitative estimate of drug-likeness (QED) is 0.146. The van der Waals surface area contributed by atoms with Gasteiger partial charge < -0.3 is 37.5 Å². The van der Waals surface area contributed by atoms with E-state index in [2.05, 4.69) is 20.9 Å². The highest BCUT2D eigenvalue weighted by molar-refractivity contribution is 5.93. The van der Waals surface area contributed by atoms with Gasteiger partial charge in [-0.2, -0.15) is 0 Å². The van der Waals surface area contributed by atoms with Gasteiger partial charge in [-0.25, -0.2) is 4.79 Å². The molecule has 1 aromatic heterocycles. The number of nitrogens with one attached hydrogen (secondary N) is 4. The van der Waals surface area contributed by atoms with Crippen LogP contribution in [0.25, 0.3) is 10.9 Å². The Hall–Kier alpha value is -4.71. The van der Waals surface area contributed by atoms with Crippen molar-refractivity contribution in [3.63, 3.8) is 0 Å². The Morgan fingerprint density at radius 1 is 0.872 bits per heavy atom. The first-order valence-electron chi connectivity index (χ1n) is 12.4. The van der Waals surface area contributed by atoms with Crippen molar-refractivity contribution in [3.05, 3.63) is 71.9 Å². The van der Waals surface area contributed by atoms with Crippen molar-refractivity contribution in [2.45, 2.75) is 43.8 Å². The minimum atomic E-state index is -1.35. The highest BCUT2D eigenvalue weighted by Crippen LogP contribution is 2.19. The van der Waals surface area contributed by atoms with Gasteiger partial charge in [0.25, 0.3) is 0 Å². The largest absolute Gasteiger partial charge is 0.480 e. The van der Waals surface area contributed by atoms with Gasteiger partial charge in [0.1, 0.15) is 12.1 Å². The Balaban J connectivity index is 1.68. The van der Waals surface area contributed by atoms with Gasteiger partial charge in [-0.1, -0.05) is 48.5 Å². The minimum absolute atomic E-state index is 0.109. The molecule has 4 amide bonds. The van der Waals surface area contributed by atoms with Crippen molar-refractivity contribution in [1.29, 1.82) is 0 Å². The number of carbonyl (C=O) groups excluding carboxylic acids is 4. The number of rotatable bonds is 14. The number of carboxylic acid groups (broad SMARTS) is 1. The molecule has 3 unspecified atom stereocenters. The van der Waals surface area contributed by atoms with Crippen LogP contribution in [0.5, 0.6) is 0 Å². The number of carboxylic acids is 1. The number of carbonyl (C=O) groups is 5. The number of hydrogen-bond donors (Lipinski definition) is 7. The predicted octanol–water partition coefficient (Wildman–Crippen LogP) is -0.284. The summed E-state index contributed by atoms with van der Waals surface area (Å²) in [6, 6.07) is 13.3. The van der Waals surface area contributed by atoms with Gasteiger partial charge in [-0.15, -0.1) is 0 Å². The van der Waals surface area contributed by atoms with Crippen molar-refractivity contribution >= 4 is 40.5 Å². The van der Waals surface area contributed by atoms with E-state index in [0.717, 1.165) is 22.0 Å². The molecule has 39 heavy (non-hydrogen) atoms. The maximum atomic E-state index is 13.1. The third-order valence-corrected chi connectivity index (χ3v) is 6.10. The van der Waals surface area contributed by atoms with Crippen molar-refractivity contribution in [3.8, 4) is 0 Å². The normalized spacial score (nSPS) is 13.2. The summed E-state index contributed by atoms with van der Waals surface area (Å²) in [5.74, 6) is -4.02. The predicted molar refractivity (Wildman–Crippen MR) is 143 cm³/mol. The van der Waals surface area contributed by atoms with Gasteiger partial charge in [-0.3, -0.25) is 19.2 Å². The highest BCUT2D eigenvalue weighted by atomic mass is 16.4. The van der Waals surface area contributed by atoms with Crippen LogP contribution < -0.4 is 27.4 Å². The number of aromatic amines is 1. The number of aliphatic carboxylic acids is 1. The van der Waals surface area contributed by atoms with Gasteiger partial charge in [0, 0.05) is 29.9 Å². The lowest BCUT2D eigenvalue weighted by Gasteiger charge is -2.21. The number of aromatic nitrogens is 1. The highest BCUT2D eigenvalue weighted by Gasteiger charge is 2.26. The van der Waals surface area contributed by atoms with E-state index < -0.39 is 54.3 Å². The fourth-order valence-corrected chi connectivity index (χ4v) is 4.05. The van der Waals surface area contributed by atoms with E-state index in [4.69, 9.17) is 11.5 Å². The van der Waals surface area contributed by atoms with Crippen LogP contribution in [0.15, 0.2) is 60.8 Å². The van der Waals surface area contributed by atoms with E-state index in [0.29, 0.717) is 0 Å². The Bertz CT molecular complexity index is 1320. The third-order valence-electron chi connectivity index (χ3n) is 6.10. The van der Waals surface area contributed by atoms with Crippen molar-refractivity contribution in [2.24, 2.45) is 11.5 Å². The van der Waals surface area contributed by atoms with Crippen LogP contribution >= 0.6 is 0 Å². The van der Waals surface area contributed by atoms with Gasteiger partial charge in [0.15, 0.2) is 0 Å². The van der Waals surface area contributed by atoms with E-state index in [1.54, 1.807) is 6.20 Å². The smallest absolute Gasteiger partial charge is 0.326 e. The molecule has 2 aromatic carbocycles. The first-order chi connectivity index (χ1) is 18.6. The van der Waals surface area contributed by atoms with Crippen LogP contribution in [-0.2, 0) is 36.8 Å². The summed E-state index contributed by atoms with van der Waals surface area (Å²) in [6.07, 6.45) is 1.69. The molecule has 206 valence electrons. The van der Waals surface area contributed by atoms with Crippen molar-refractivity contribution < 1.29 is 29.1 Å². The molecule has 0 aliphatic rings. The number of para-hydroxylation sites is 1. The summed E-state index contributed by atoms with van der Waals surface area (Å²) in [7, 11) is 0. The number of nitrogens with two attached hydrogens (primary N) is 2. The zero-order chi connectivity index (χ0) is 28.4. The van der Waals surface area contributed by atoms with Gasteiger partial charge in [-0.05, 0) is 30.0 Å². The van der Waals surface area contributed by atoms with E-state index in [1.807, 2.05) is 54.6 Å². The maximum absolute atomic E-state index is 13.1. The number of hydrogen-bond acceptors (Lipinski definition) is 6. The summed E-state index contributed by atoms with van der Waals surface area (Å²) >= 11 is 0. The Labute approximate surface area is 224 Å². The number of amides is 4. The molecule has 0 fully saturated rings. The zero-order valence-corrected chi connectivity index (χ0v) is 21.2. The van der Waals surface area contributed by atoms with Crippen LogP contribution in [-0.4, -0.2) is 64.4 Å². The molecule has 0 spiro atoms. The Morgan fingerprint density at radius 3 is 2.26 bits per heavy atom. The molecule has 0 bridgehead atoms. The van der Waals surface area contributed by atoms with Crippen LogP contribution in [0.1, 0.15) is 24.0 Å². The number of H-pyrrole nitrogens is 1. The monoisotopic (exact) mass is 536 g/mol. The molecule has 0 saturated heterocycles. The molecule has 0 saturated carbocycles. The molecule has 0 aliphatic heterocycles. The topological polar surface area (TPSA) is 209 Å². The zero-order valence-electron chi connectivity index (χ0n) is 21.2. The van der Waals surface area contributed by atoms with E-state index in [1.165, 1.54) is 0 Å². The van der Waals surface area contributed by atoms with E-state index in [9.17, 15) is 29.1 Å². The fourth-order valence-electron chi connectivity index (χ4n) is 4.05. The molecule has 3 rings (SSSR count). The fraction of sp³-hybridized carbons (Fsp3) is 0.296. The molecular weight excluding hydrogens is 504 g/mol. The van der Waals surface area contributed by atoms with Crippen LogP contribution in [0.4, 0.5) is 0 Å². The number of primary amides is 1. The molecule has 0 aliphatic carbocycles. The molecule has 3 atom stereocenters. The van der Waals surface area contributed by atoms with Crippen molar-refractivity contribution in [2.75, 3.05) is 6.54 Å². The molecule has 12 nitrogen and oxygen atoms in total. The summed E-state index contributed by atoms with van der Waals surface area (Å²) in [5, 5.41) is 17.5. The molecule has 9 N–H and O–H groups in total. The number of benzene rings is 2. The number of fused-ring (bicyclic) bond motifs is 1. The lowest BCUT2D eigenvalue weighted by atomic mass is 10.0. The van der Waals surface area contributed by atoms with Gasteiger partial charge >= 0.3 is 5.97 Å². The van der Waals surface area contributed by atoms with Crippen molar-refractivity contribution in [1.82, 2.24) is 20.9 Å².